The van der Waals surface area contributed by atoms with Crippen molar-refractivity contribution < 1.29 is 4.79 Å². The number of carbonyl (C=O) groups is 1. The maximum Gasteiger partial charge on any atom is 0.255 e. The minimum absolute atomic E-state index is 0.0745. The van der Waals surface area contributed by atoms with Crippen LogP contribution in [0.25, 0.3) is 0 Å². The van der Waals surface area contributed by atoms with Crippen molar-refractivity contribution in [3.05, 3.63) is 77.9 Å². The molecule has 0 aliphatic carbocycles. The number of aryl methyl sites for hydroxylation is 1. The summed E-state index contributed by atoms with van der Waals surface area (Å²) in [7, 11) is 0. The largest absolute Gasteiger partial charge is 0.322 e. The van der Waals surface area contributed by atoms with Gasteiger partial charge in [0, 0.05) is 11.3 Å². The van der Waals surface area contributed by atoms with Gasteiger partial charge in [-0.25, -0.2) is 0 Å². The van der Waals surface area contributed by atoms with Gasteiger partial charge in [0.2, 0.25) is 0 Å². The molecule has 0 radical (unpaired) electrons. The minimum atomic E-state index is -0.0745. The van der Waals surface area contributed by atoms with Crippen molar-refractivity contribution in [2.24, 2.45) is 0 Å². The molecule has 2 aromatic rings. The third-order valence-corrected chi connectivity index (χ3v) is 2.98. The summed E-state index contributed by atoms with van der Waals surface area (Å²) < 4.78 is 0. The highest BCUT2D eigenvalue weighted by atomic mass is 16.1. The van der Waals surface area contributed by atoms with Gasteiger partial charge in [0.25, 0.3) is 5.91 Å². The summed E-state index contributed by atoms with van der Waals surface area (Å²) in [6.07, 6.45) is 2.70. The van der Waals surface area contributed by atoms with Crippen molar-refractivity contribution in [3.8, 4) is 0 Å². The Morgan fingerprint density at radius 1 is 1.16 bits per heavy atom. The Balaban J connectivity index is 2.11. The average molecular weight is 251 g/mol. The molecular weight excluding hydrogens is 234 g/mol. The highest BCUT2D eigenvalue weighted by molar-refractivity contribution is 6.05. The maximum atomic E-state index is 12.1. The lowest BCUT2D eigenvalue weighted by molar-refractivity contribution is 0.102. The lowest BCUT2D eigenvalue weighted by atomic mass is 10.1. The van der Waals surface area contributed by atoms with Crippen LogP contribution >= 0.6 is 0 Å². The molecule has 0 aromatic heterocycles. The van der Waals surface area contributed by atoms with E-state index in [0.717, 1.165) is 17.7 Å². The molecule has 1 amide bonds. The molecular formula is C17H17NO. The van der Waals surface area contributed by atoms with Gasteiger partial charge < -0.3 is 5.32 Å². The van der Waals surface area contributed by atoms with Crippen LogP contribution in [0.4, 0.5) is 5.69 Å². The van der Waals surface area contributed by atoms with Crippen LogP contribution in [0.15, 0.2) is 61.2 Å². The molecule has 0 aliphatic heterocycles. The Morgan fingerprint density at radius 2 is 1.84 bits per heavy atom. The third-order valence-electron chi connectivity index (χ3n) is 2.98. The SMILES string of the molecule is C=CCc1ccc(NC(=O)c2ccccc2C)cc1. The molecule has 0 aliphatic rings. The van der Waals surface area contributed by atoms with Gasteiger partial charge >= 0.3 is 0 Å². The Labute approximate surface area is 113 Å². The summed E-state index contributed by atoms with van der Waals surface area (Å²) in [4.78, 5) is 12.1. The lowest BCUT2D eigenvalue weighted by Gasteiger charge is -2.08. The quantitative estimate of drug-likeness (QED) is 0.818. The van der Waals surface area contributed by atoms with Crippen molar-refractivity contribution in [1.82, 2.24) is 0 Å². The van der Waals surface area contributed by atoms with E-state index in [4.69, 9.17) is 0 Å². The number of rotatable bonds is 4. The molecule has 0 saturated carbocycles. The first-order valence-electron chi connectivity index (χ1n) is 6.27. The number of nitrogens with one attached hydrogen (secondary N) is 1. The molecule has 2 rings (SSSR count). The number of allylic oxidation sites excluding steroid dienone is 1. The van der Waals surface area contributed by atoms with Gasteiger partial charge in [-0.1, -0.05) is 36.4 Å². The molecule has 0 fully saturated rings. The Hall–Kier alpha value is -2.35. The maximum absolute atomic E-state index is 12.1. The normalized spacial score (nSPS) is 9.95. The van der Waals surface area contributed by atoms with E-state index in [0.29, 0.717) is 5.56 Å². The second kappa shape index (κ2) is 6.01. The number of benzene rings is 2. The van der Waals surface area contributed by atoms with E-state index in [-0.39, 0.29) is 5.91 Å². The van der Waals surface area contributed by atoms with Gasteiger partial charge in [-0.2, -0.15) is 0 Å². The van der Waals surface area contributed by atoms with Crippen LogP contribution in [-0.4, -0.2) is 5.91 Å². The summed E-state index contributed by atoms with van der Waals surface area (Å²) in [5, 5.41) is 2.90. The first kappa shape index (κ1) is 13.1. The first-order valence-corrected chi connectivity index (χ1v) is 6.27. The number of hydrogen-bond donors (Lipinski definition) is 1. The van der Waals surface area contributed by atoms with E-state index in [1.165, 1.54) is 5.56 Å². The topological polar surface area (TPSA) is 29.1 Å². The average Bonchev–Trinajstić information content (AvgIpc) is 2.42. The molecule has 0 heterocycles. The van der Waals surface area contributed by atoms with Crippen LogP contribution in [0.2, 0.25) is 0 Å². The highest BCUT2D eigenvalue weighted by Gasteiger charge is 2.07. The first-order chi connectivity index (χ1) is 9.20. The number of amides is 1. The van der Waals surface area contributed by atoms with Crippen molar-refractivity contribution in [1.29, 1.82) is 0 Å². The van der Waals surface area contributed by atoms with E-state index in [2.05, 4.69) is 11.9 Å². The van der Waals surface area contributed by atoms with Gasteiger partial charge in [-0.15, -0.1) is 6.58 Å². The van der Waals surface area contributed by atoms with Gasteiger partial charge in [-0.05, 0) is 42.7 Å². The zero-order valence-electron chi connectivity index (χ0n) is 11.0. The van der Waals surface area contributed by atoms with Crippen molar-refractivity contribution in [3.63, 3.8) is 0 Å². The molecule has 2 nitrogen and oxygen atoms in total. The third kappa shape index (κ3) is 3.32. The van der Waals surface area contributed by atoms with Crippen LogP contribution in [-0.2, 0) is 6.42 Å². The lowest BCUT2D eigenvalue weighted by Crippen LogP contribution is -2.13. The van der Waals surface area contributed by atoms with E-state index >= 15 is 0 Å². The fourth-order valence-corrected chi connectivity index (χ4v) is 1.92. The molecule has 0 spiro atoms. The van der Waals surface area contributed by atoms with E-state index in [9.17, 15) is 4.79 Å². The predicted octanol–water partition coefficient (Wildman–Crippen LogP) is 3.98. The highest BCUT2D eigenvalue weighted by Crippen LogP contribution is 2.13. The van der Waals surface area contributed by atoms with Gasteiger partial charge in [-0.3, -0.25) is 4.79 Å². The minimum Gasteiger partial charge on any atom is -0.322 e. The van der Waals surface area contributed by atoms with E-state index in [1.54, 1.807) is 0 Å². The second-order valence-electron chi connectivity index (χ2n) is 4.46. The predicted molar refractivity (Wildman–Crippen MR) is 79.5 cm³/mol. The van der Waals surface area contributed by atoms with E-state index in [1.807, 2.05) is 61.5 Å². The van der Waals surface area contributed by atoms with Crippen molar-refractivity contribution >= 4 is 11.6 Å². The van der Waals surface area contributed by atoms with E-state index < -0.39 is 0 Å². The van der Waals surface area contributed by atoms with Crippen LogP contribution in [0.5, 0.6) is 0 Å². The molecule has 2 heteroatoms. The van der Waals surface area contributed by atoms with Crippen LogP contribution < -0.4 is 5.32 Å². The Kier molecular flexibility index (Phi) is 4.14. The number of hydrogen-bond acceptors (Lipinski definition) is 1. The van der Waals surface area contributed by atoms with Crippen molar-refractivity contribution in [2.45, 2.75) is 13.3 Å². The molecule has 1 N–H and O–H groups in total. The number of carbonyl (C=O) groups excluding carboxylic acids is 1. The molecule has 19 heavy (non-hydrogen) atoms. The molecule has 0 bridgehead atoms. The van der Waals surface area contributed by atoms with Crippen LogP contribution in [0.3, 0.4) is 0 Å². The fraction of sp³-hybridized carbons (Fsp3) is 0.118. The molecule has 2 aromatic carbocycles. The monoisotopic (exact) mass is 251 g/mol. The number of anilines is 1. The van der Waals surface area contributed by atoms with Gasteiger partial charge in [0.05, 0.1) is 0 Å². The smallest absolute Gasteiger partial charge is 0.255 e. The second-order valence-corrected chi connectivity index (χ2v) is 4.46. The summed E-state index contributed by atoms with van der Waals surface area (Å²) in [6, 6.07) is 15.4. The summed E-state index contributed by atoms with van der Waals surface area (Å²) >= 11 is 0. The molecule has 0 unspecified atom stereocenters. The molecule has 0 atom stereocenters. The van der Waals surface area contributed by atoms with Crippen molar-refractivity contribution in [2.75, 3.05) is 5.32 Å². The summed E-state index contributed by atoms with van der Waals surface area (Å²) in [5.74, 6) is -0.0745. The van der Waals surface area contributed by atoms with Gasteiger partial charge in [0.15, 0.2) is 0 Å². The molecule has 0 saturated heterocycles. The standard InChI is InChI=1S/C17H17NO/c1-3-6-14-9-11-15(12-10-14)18-17(19)16-8-5-4-7-13(16)2/h3-5,7-12H,1,6H2,2H3,(H,18,19). The fourth-order valence-electron chi connectivity index (χ4n) is 1.92. The Morgan fingerprint density at radius 3 is 2.47 bits per heavy atom. The van der Waals surface area contributed by atoms with Crippen LogP contribution in [0.1, 0.15) is 21.5 Å². The summed E-state index contributed by atoms with van der Waals surface area (Å²) in [5.41, 5.74) is 3.67. The zero-order valence-corrected chi connectivity index (χ0v) is 11.0. The Bertz CT molecular complexity index is 584. The molecule has 96 valence electrons. The summed E-state index contributed by atoms with van der Waals surface area (Å²) in [6.45, 7) is 5.64. The zero-order chi connectivity index (χ0) is 13.7. The van der Waals surface area contributed by atoms with Gasteiger partial charge in [0.1, 0.15) is 0 Å². The van der Waals surface area contributed by atoms with Crippen LogP contribution in [0, 0.1) is 6.92 Å².